The number of rotatable bonds is 12. The third-order valence-corrected chi connectivity index (χ3v) is 8.56. The molecule has 2 aromatic rings. The van der Waals surface area contributed by atoms with Crippen LogP contribution in [0.4, 0.5) is 0 Å². The molecule has 4 rings (SSSR count). The van der Waals surface area contributed by atoms with Crippen molar-refractivity contribution >= 4 is 17.7 Å². The van der Waals surface area contributed by atoms with Gasteiger partial charge < -0.3 is 31.8 Å². The first-order chi connectivity index (χ1) is 20.9. The number of hydrogen-bond acceptors (Lipinski definition) is 7. The summed E-state index contributed by atoms with van der Waals surface area (Å²) in [5.41, 5.74) is 14.9. The Kier molecular flexibility index (Phi) is 12.0. The van der Waals surface area contributed by atoms with Gasteiger partial charge in [0.1, 0.15) is 18.1 Å². The molecule has 0 bridgehead atoms. The van der Waals surface area contributed by atoms with Gasteiger partial charge >= 0.3 is 0 Å². The standard InChI is InChI=1S/C32H44N6O4.C2H6/c1-4-32(2,3)28(38(35)19-25(33)23-14-15-23)31(42)37-18-24(39)17-27(37)30(41)36-26(29(34)40)16-20-10-12-22(13-11-20)21-8-6-5-7-9-21;1-2/h5-13,19,23-24,26-28,39H,4,14-18,33,35H2,1-3H3,(H2,34,40)(H,36,41);1-2H3/b25-19-;. The predicted octanol–water partition coefficient (Wildman–Crippen LogP) is 3.04. The molecule has 1 saturated heterocycles. The maximum Gasteiger partial charge on any atom is 0.248 e. The number of β-amino-alcohol motifs (C(OH)–C–C–N with tert-alkyl or cyclic N) is 1. The van der Waals surface area contributed by atoms with Gasteiger partial charge in [0.05, 0.1) is 6.10 Å². The third kappa shape index (κ3) is 8.60. The van der Waals surface area contributed by atoms with Crippen molar-refractivity contribution in [2.24, 2.45) is 28.6 Å². The van der Waals surface area contributed by atoms with Crippen molar-refractivity contribution in [3.63, 3.8) is 0 Å². The summed E-state index contributed by atoms with van der Waals surface area (Å²) in [7, 11) is 0. The molecular weight excluding hydrogens is 556 g/mol. The van der Waals surface area contributed by atoms with Crippen LogP contribution in [-0.4, -0.2) is 63.5 Å². The van der Waals surface area contributed by atoms with Crippen molar-refractivity contribution in [3.8, 4) is 11.1 Å². The predicted molar refractivity (Wildman–Crippen MR) is 173 cm³/mol. The van der Waals surface area contributed by atoms with Crippen LogP contribution in [0.15, 0.2) is 66.5 Å². The summed E-state index contributed by atoms with van der Waals surface area (Å²) < 4.78 is 0. The van der Waals surface area contributed by atoms with E-state index in [1.165, 1.54) is 9.91 Å². The quantitative estimate of drug-likeness (QED) is 0.183. The lowest BCUT2D eigenvalue weighted by Crippen LogP contribution is -2.60. The van der Waals surface area contributed by atoms with Crippen LogP contribution >= 0.6 is 0 Å². The Balaban J connectivity index is 0.00000259. The van der Waals surface area contributed by atoms with Gasteiger partial charge in [0.2, 0.25) is 17.7 Å². The Hall–Kier alpha value is -3.89. The molecule has 44 heavy (non-hydrogen) atoms. The monoisotopic (exact) mass is 606 g/mol. The molecule has 2 aromatic carbocycles. The first-order valence-electron chi connectivity index (χ1n) is 15.6. The maximum atomic E-state index is 14.0. The van der Waals surface area contributed by atoms with Crippen LogP contribution in [-0.2, 0) is 20.8 Å². The fourth-order valence-electron chi connectivity index (χ4n) is 5.48. The van der Waals surface area contributed by atoms with E-state index in [-0.39, 0.29) is 31.2 Å². The van der Waals surface area contributed by atoms with E-state index in [2.05, 4.69) is 5.32 Å². The van der Waals surface area contributed by atoms with Crippen LogP contribution in [0.5, 0.6) is 0 Å². The van der Waals surface area contributed by atoms with Gasteiger partial charge in [-0.15, -0.1) is 0 Å². The van der Waals surface area contributed by atoms with Crippen LogP contribution in [0, 0.1) is 11.3 Å². The highest BCUT2D eigenvalue weighted by Crippen LogP contribution is 2.36. The minimum absolute atomic E-state index is 0.0228. The molecule has 4 unspecified atom stereocenters. The summed E-state index contributed by atoms with van der Waals surface area (Å²) in [5.74, 6) is 5.08. The van der Waals surface area contributed by atoms with Gasteiger partial charge in [0, 0.05) is 37.2 Å². The van der Waals surface area contributed by atoms with E-state index in [1.807, 2.05) is 89.2 Å². The zero-order valence-corrected chi connectivity index (χ0v) is 26.7. The van der Waals surface area contributed by atoms with E-state index < -0.39 is 41.5 Å². The van der Waals surface area contributed by atoms with Crippen molar-refractivity contribution in [2.75, 3.05) is 6.54 Å². The Bertz CT molecular complexity index is 1290. The molecule has 0 spiro atoms. The smallest absolute Gasteiger partial charge is 0.248 e. The second-order valence-corrected chi connectivity index (χ2v) is 12.2. The van der Waals surface area contributed by atoms with Gasteiger partial charge in [-0.3, -0.25) is 14.4 Å². The third-order valence-electron chi connectivity index (χ3n) is 8.56. The lowest BCUT2D eigenvalue weighted by Gasteiger charge is -2.41. The van der Waals surface area contributed by atoms with E-state index >= 15 is 0 Å². The number of carbonyl (C=O) groups excluding carboxylic acids is 3. The summed E-state index contributed by atoms with van der Waals surface area (Å²) in [4.78, 5) is 41.3. The Labute approximate surface area is 261 Å². The molecule has 0 aromatic heterocycles. The molecule has 1 heterocycles. The summed E-state index contributed by atoms with van der Waals surface area (Å²) >= 11 is 0. The molecule has 4 atom stereocenters. The molecule has 2 aliphatic rings. The number of hydrogen-bond donors (Lipinski definition) is 5. The molecule has 0 radical (unpaired) electrons. The molecule has 2 fully saturated rings. The number of nitrogens with two attached hydrogens (primary N) is 3. The summed E-state index contributed by atoms with van der Waals surface area (Å²) in [6.07, 6.45) is 3.56. The van der Waals surface area contributed by atoms with Gasteiger partial charge in [-0.2, -0.15) is 0 Å². The van der Waals surface area contributed by atoms with Crippen LogP contribution in [0.3, 0.4) is 0 Å². The number of benzene rings is 2. The van der Waals surface area contributed by atoms with Crippen LogP contribution in [0.25, 0.3) is 11.1 Å². The number of nitrogens with one attached hydrogen (secondary N) is 1. The van der Waals surface area contributed by atoms with E-state index in [0.717, 1.165) is 29.5 Å². The SMILES string of the molecule is CC.CCC(C)(C)C(C(=O)N1CC(O)CC1C(=O)NC(Cc1ccc(-c2ccccc2)cc1)C(N)=O)N(N)/C=C(\N)C1CC1. The van der Waals surface area contributed by atoms with E-state index in [0.29, 0.717) is 12.1 Å². The second kappa shape index (κ2) is 15.2. The normalized spacial score (nSPS) is 19.8. The van der Waals surface area contributed by atoms with Gasteiger partial charge in [-0.25, -0.2) is 5.84 Å². The molecule has 1 aliphatic carbocycles. The van der Waals surface area contributed by atoms with Gasteiger partial charge in [0.15, 0.2) is 0 Å². The fourth-order valence-corrected chi connectivity index (χ4v) is 5.48. The minimum atomic E-state index is -0.995. The largest absolute Gasteiger partial charge is 0.401 e. The topological polar surface area (TPSA) is 168 Å². The Morgan fingerprint density at radius 2 is 1.64 bits per heavy atom. The Morgan fingerprint density at radius 3 is 2.18 bits per heavy atom. The number of carbonyl (C=O) groups is 3. The van der Waals surface area contributed by atoms with Crippen LogP contribution in [0.2, 0.25) is 0 Å². The zero-order chi connectivity index (χ0) is 32.6. The number of primary amides is 1. The first kappa shape index (κ1) is 34.6. The van der Waals surface area contributed by atoms with Crippen molar-refractivity contribution in [2.45, 2.75) is 91.0 Å². The number of allylic oxidation sites excluding steroid dienone is 1. The van der Waals surface area contributed by atoms with E-state index in [1.54, 1.807) is 6.20 Å². The molecular formula is C34H50N6O4. The highest BCUT2D eigenvalue weighted by atomic mass is 16.3. The number of amides is 3. The van der Waals surface area contributed by atoms with E-state index in [9.17, 15) is 19.5 Å². The van der Waals surface area contributed by atoms with Crippen molar-refractivity contribution in [1.29, 1.82) is 0 Å². The van der Waals surface area contributed by atoms with Gasteiger partial charge in [-0.05, 0) is 41.4 Å². The van der Waals surface area contributed by atoms with Crippen molar-refractivity contribution in [1.82, 2.24) is 15.2 Å². The molecule has 240 valence electrons. The lowest BCUT2D eigenvalue weighted by molar-refractivity contribution is -0.146. The van der Waals surface area contributed by atoms with Gasteiger partial charge in [0.25, 0.3) is 0 Å². The minimum Gasteiger partial charge on any atom is -0.401 e. The number of aliphatic hydroxyl groups is 1. The number of likely N-dealkylation sites (tertiary alicyclic amines) is 1. The molecule has 3 amide bonds. The number of hydrazine groups is 1. The molecule has 1 aliphatic heterocycles. The first-order valence-corrected chi connectivity index (χ1v) is 15.6. The molecule has 1 saturated carbocycles. The Morgan fingerprint density at radius 1 is 1.05 bits per heavy atom. The maximum absolute atomic E-state index is 14.0. The summed E-state index contributed by atoms with van der Waals surface area (Å²) in [6, 6.07) is 14.8. The summed E-state index contributed by atoms with van der Waals surface area (Å²) in [6.45, 7) is 9.81. The molecule has 8 N–H and O–H groups in total. The molecule has 10 heteroatoms. The average molecular weight is 607 g/mol. The van der Waals surface area contributed by atoms with Gasteiger partial charge in [-0.1, -0.05) is 89.2 Å². The van der Waals surface area contributed by atoms with Crippen LogP contribution < -0.4 is 22.6 Å². The van der Waals surface area contributed by atoms with Crippen molar-refractivity contribution < 1.29 is 19.5 Å². The average Bonchev–Trinajstić information content (AvgIpc) is 3.79. The highest BCUT2D eigenvalue weighted by Gasteiger charge is 2.46. The molecule has 10 nitrogen and oxygen atoms in total. The van der Waals surface area contributed by atoms with Crippen molar-refractivity contribution in [3.05, 3.63) is 72.1 Å². The zero-order valence-electron chi connectivity index (χ0n) is 26.7. The highest BCUT2D eigenvalue weighted by molar-refractivity contribution is 5.93. The number of nitrogens with zero attached hydrogens (tertiary/aromatic N) is 2. The summed E-state index contributed by atoms with van der Waals surface area (Å²) in [5, 5.41) is 14.6. The van der Waals surface area contributed by atoms with E-state index in [4.69, 9.17) is 17.3 Å². The second-order valence-electron chi connectivity index (χ2n) is 12.2. The van der Waals surface area contributed by atoms with Crippen LogP contribution in [0.1, 0.15) is 65.9 Å². The lowest BCUT2D eigenvalue weighted by atomic mass is 9.80. The number of aliphatic hydroxyl groups excluding tert-OH is 1. The fraction of sp³-hybridized carbons (Fsp3) is 0.500.